The fourth-order valence-corrected chi connectivity index (χ4v) is 2.37. The zero-order chi connectivity index (χ0) is 20.9. The third-order valence-corrected chi connectivity index (χ3v) is 3.70. The first-order valence-electron chi connectivity index (χ1n) is 9.42. The Morgan fingerprint density at radius 2 is 1.41 bits per heavy atom. The molecule has 158 valence electrons. The van der Waals surface area contributed by atoms with Crippen LogP contribution in [-0.4, -0.2) is 55.9 Å². The fraction of sp³-hybridized carbons (Fsp3) is 0.833. The van der Waals surface area contributed by atoms with Crippen molar-refractivity contribution >= 4 is 18.0 Å². The lowest BCUT2D eigenvalue weighted by molar-refractivity contribution is -0.145. The molecule has 2 unspecified atom stereocenters. The summed E-state index contributed by atoms with van der Waals surface area (Å²) < 4.78 is 9.97. The summed E-state index contributed by atoms with van der Waals surface area (Å²) in [6.07, 6.45) is 2.90. The van der Waals surface area contributed by atoms with Gasteiger partial charge in [0.15, 0.2) is 0 Å². The Morgan fingerprint density at radius 3 is 1.85 bits per heavy atom. The number of carbonyl (C=O) groups is 3. The number of carbonyl (C=O) groups excluding carboxylic acids is 3. The first-order valence-corrected chi connectivity index (χ1v) is 9.42. The average Bonchev–Trinajstić information content (AvgIpc) is 2.57. The summed E-state index contributed by atoms with van der Waals surface area (Å²) >= 11 is 0. The molecule has 0 bridgehead atoms. The molecule has 0 aromatic rings. The van der Waals surface area contributed by atoms with E-state index in [-0.39, 0.29) is 0 Å². The third-order valence-electron chi connectivity index (χ3n) is 3.70. The van der Waals surface area contributed by atoms with Gasteiger partial charge in [0.2, 0.25) is 5.91 Å². The molecule has 0 radical (unpaired) electrons. The molecular formula is C18H36N4O5. The van der Waals surface area contributed by atoms with E-state index in [9.17, 15) is 14.4 Å². The first kappa shape index (κ1) is 25.1. The molecule has 0 aliphatic heterocycles. The molecule has 0 aromatic heterocycles. The van der Waals surface area contributed by atoms with Gasteiger partial charge >= 0.3 is 12.1 Å². The lowest BCUT2D eigenvalue weighted by Gasteiger charge is -2.25. The van der Waals surface area contributed by atoms with Crippen molar-refractivity contribution in [2.24, 2.45) is 11.5 Å². The van der Waals surface area contributed by atoms with Gasteiger partial charge in [0.05, 0.1) is 7.11 Å². The maximum atomic E-state index is 12.7. The van der Waals surface area contributed by atoms with E-state index in [0.29, 0.717) is 38.8 Å². The van der Waals surface area contributed by atoms with Gasteiger partial charge in [0, 0.05) is 0 Å². The summed E-state index contributed by atoms with van der Waals surface area (Å²) in [5, 5.41) is 5.24. The van der Waals surface area contributed by atoms with Crippen LogP contribution in [0.4, 0.5) is 4.79 Å². The zero-order valence-corrected chi connectivity index (χ0v) is 17.0. The number of ether oxygens (including phenoxy) is 2. The molecule has 0 aliphatic rings. The average molecular weight is 389 g/mol. The van der Waals surface area contributed by atoms with Crippen LogP contribution in [-0.2, 0) is 19.1 Å². The molecule has 27 heavy (non-hydrogen) atoms. The van der Waals surface area contributed by atoms with Gasteiger partial charge in [-0.05, 0) is 72.4 Å². The molecule has 0 fully saturated rings. The van der Waals surface area contributed by atoms with Gasteiger partial charge < -0.3 is 31.6 Å². The Bertz CT molecular complexity index is 465. The molecule has 9 nitrogen and oxygen atoms in total. The Kier molecular flexibility index (Phi) is 12.4. The highest BCUT2D eigenvalue weighted by Gasteiger charge is 2.28. The van der Waals surface area contributed by atoms with Crippen molar-refractivity contribution in [3.05, 3.63) is 0 Å². The van der Waals surface area contributed by atoms with Gasteiger partial charge in [-0.15, -0.1) is 0 Å². The number of rotatable bonds is 12. The lowest BCUT2D eigenvalue weighted by Crippen LogP contribution is -2.52. The number of esters is 1. The number of hydrogen-bond donors (Lipinski definition) is 4. The van der Waals surface area contributed by atoms with Crippen molar-refractivity contribution < 1.29 is 23.9 Å². The van der Waals surface area contributed by atoms with Crippen molar-refractivity contribution in [3.8, 4) is 0 Å². The molecule has 0 heterocycles. The SMILES string of the molecule is COC(=O)C(CCCCN)NC(=O)C(CCCCN)NC(=O)OC(C)(C)C. The topological polar surface area (TPSA) is 146 Å². The highest BCUT2D eigenvalue weighted by atomic mass is 16.6. The Labute approximate surface area is 161 Å². The van der Waals surface area contributed by atoms with Crippen LogP contribution in [0, 0.1) is 0 Å². The normalized spacial score (nSPS) is 13.4. The minimum Gasteiger partial charge on any atom is -0.467 e. The van der Waals surface area contributed by atoms with Crippen LogP contribution in [0.1, 0.15) is 59.3 Å². The van der Waals surface area contributed by atoms with Crippen molar-refractivity contribution in [1.29, 1.82) is 0 Å². The molecule has 0 rings (SSSR count). The van der Waals surface area contributed by atoms with Crippen LogP contribution in [0.25, 0.3) is 0 Å². The van der Waals surface area contributed by atoms with E-state index in [1.54, 1.807) is 20.8 Å². The fourth-order valence-electron chi connectivity index (χ4n) is 2.37. The maximum absolute atomic E-state index is 12.7. The first-order chi connectivity index (χ1) is 12.6. The Morgan fingerprint density at radius 1 is 0.889 bits per heavy atom. The van der Waals surface area contributed by atoms with Crippen LogP contribution in [0.15, 0.2) is 0 Å². The van der Waals surface area contributed by atoms with E-state index < -0.39 is 35.7 Å². The van der Waals surface area contributed by atoms with Gasteiger partial charge in [-0.25, -0.2) is 9.59 Å². The summed E-state index contributed by atoms with van der Waals surface area (Å²) in [5.41, 5.74) is 10.3. The van der Waals surface area contributed by atoms with E-state index in [1.807, 2.05) is 0 Å². The van der Waals surface area contributed by atoms with Crippen molar-refractivity contribution in [3.63, 3.8) is 0 Å². The molecule has 0 saturated heterocycles. The maximum Gasteiger partial charge on any atom is 0.408 e. The van der Waals surface area contributed by atoms with Crippen molar-refractivity contribution in [1.82, 2.24) is 10.6 Å². The van der Waals surface area contributed by atoms with Crippen LogP contribution in [0.2, 0.25) is 0 Å². The number of nitrogens with one attached hydrogen (secondary N) is 2. The monoisotopic (exact) mass is 388 g/mol. The number of alkyl carbamates (subject to hydrolysis) is 1. The minimum atomic E-state index is -0.826. The van der Waals surface area contributed by atoms with Crippen molar-refractivity contribution in [2.45, 2.75) is 77.0 Å². The highest BCUT2D eigenvalue weighted by Crippen LogP contribution is 2.09. The van der Waals surface area contributed by atoms with Crippen molar-refractivity contribution in [2.75, 3.05) is 20.2 Å². The molecular weight excluding hydrogens is 352 g/mol. The largest absolute Gasteiger partial charge is 0.467 e. The Balaban J connectivity index is 4.99. The summed E-state index contributed by atoms with van der Waals surface area (Å²) in [4.78, 5) is 36.6. The minimum absolute atomic E-state index is 0.388. The van der Waals surface area contributed by atoms with Crippen LogP contribution < -0.4 is 22.1 Å². The number of nitrogens with two attached hydrogens (primary N) is 2. The van der Waals surface area contributed by atoms with Crippen LogP contribution in [0.3, 0.4) is 0 Å². The van der Waals surface area contributed by atoms with Crippen LogP contribution >= 0.6 is 0 Å². The molecule has 6 N–H and O–H groups in total. The predicted molar refractivity (Wildman–Crippen MR) is 103 cm³/mol. The van der Waals surface area contributed by atoms with Gasteiger partial charge in [-0.2, -0.15) is 0 Å². The smallest absolute Gasteiger partial charge is 0.408 e. The van der Waals surface area contributed by atoms with E-state index in [1.165, 1.54) is 7.11 Å². The molecule has 0 aliphatic carbocycles. The van der Waals surface area contributed by atoms with E-state index in [4.69, 9.17) is 20.9 Å². The molecule has 0 aromatic carbocycles. The van der Waals surface area contributed by atoms with E-state index in [0.717, 1.165) is 12.8 Å². The van der Waals surface area contributed by atoms with Crippen LogP contribution in [0.5, 0.6) is 0 Å². The Hall–Kier alpha value is -1.87. The molecule has 0 saturated carbocycles. The van der Waals surface area contributed by atoms with Gasteiger partial charge in [0.25, 0.3) is 0 Å². The van der Waals surface area contributed by atoms with Gasteiger partial charge in [-0.1, -0.05) is 0 Å². The summed E-state index contributed by atoms with van der Waals surface area (Å²) in [7, 11) is 1.27. The molecule has 9 heteroatoms. The number of methoxy groups -OCH3 is 1. The van der Waals surface area contributed by atoms with Gasteiger partial charge in [-0.3, -0.25) is 4.79 Å². The predicted octanol–water partition coefficient (Wildman–Crippen LogP) is 0.796. The quantitative estimate of drug-likeness (QED) is 0.286. The summed E-state index contributed by atoms with van der Waals surface area (Å²) in [6.45, 7) is 6.21. The number of unbranched alkanes of at least 4 members (excludes halogenated alkanes) is 2. The molecule has 0 spiro atoms. The second kappa shape index (κ2) is 13.3. The molecule has 2 atom stereocenters. The summed E-state index contributed by atoms with van der Waals surface area (Å²) in [5.74, 6) is -0.987. The summed E-state index contributed by atoms with van der Waals surface area (Å²) in [6, 6.07) is -1.61. The van der Waals surface area contributed by atoms with E-state index in [2.05, 4.69) is 10.6 Å². The zero-order valence-electron chi connectivity index (χ0n) is 17.0. The second-order valence-electron chi connectivity index (χ2n) is 7.35. The second-order valence-corrected chi connectivity index (χ2v) is 7.35. The lowest BCUT2D eigenvalue weighted by atomic mass is 10.1. The standard InChI is InChI=1S/C18H36N4O5/c1-18(2,3)27-17(25)22-13(9-5-7-11-19)15(23)21-14(16(24)26-4)10-6-8-12-20/h13-14H,5-12,19-20H2,1-4H3,(H,21,23)(H,22,25). The third kappa shape index (κ3) is 12.2. The number of hydrogen-bond acceptors (Lipinski definition) is 7. The highest BCUT2D eigenvalue weighted by molar-refractivity contribution is 5.89. The molecule has 2 amide bonds. The van der Waals surface area contributed by atoms with Gasteiger partial charge in [0.1, 0.15) is 17.7 Å². The van der Waals surface area contributed by atoms with E-state index >= 15 is 0 Å². The number of amides is 2.